The zero-order chi connectivity index (χ0) is 18.7. The standard InChI is InChI=1S/C20H17N3O2S/c1-4-9-25-16-7-5-14(6-8-16)10-15(11-21)18-22-19(24)17-12(2)13(3)26-20(17)23-18/h4-8,10H,1,9H2,2-3H3,(H,22,23,24)/b15-10-. The summed E-state index contributed by atoms with van der Waals surface area (Å²) >= 11 is 1.46. The number of aromatic amines is 1. The van der Waals surface area contributed by atoms with E-state index in [4.69, 9.17) is 4.74 Å². The lowest BCUT2D eigenvalue weighted by Gasteiger charge is -2.03. The highest BCUT2D eigenvalue weighted by atomic mass is 32.1. The fourth-order valence-electron chi connectivity index (χ4n) is 2.52. The van der Waals surface area contributed by atoms with Gasteiger partial charge in [-0.1, -0.05) is 24.8 Å². The number of hydrogen-bond donors (Lipinski definition) is 1. The SMILES string of the molecule is C=CCOc1ccc(/C=C(/C#N)c2nc3sc(C)c(C)c3c(=O)[nH]2)cc1. The van der Waals surface area contributed by atoms with Crippen molar-refractivity contribution in [1.82, 2.24) is 9.97 Å². The van der Waals surface area contributed by atoms with Gasteiger partial charge in [0.05, 0.1) is 11.0 Å². The van der Waals surface area contributed by atoms with E-state index in [2.05, 4.69) is 22.6 Å². The number of nitrogens with one attached hydrogen (secondary N) is 1. The number of rotatable bonds is 5. The summed E-state index contributed by atoms with van der Waals surface area (Å²) < 4.78 is 5.44. The number of H-pyrrole nitrogens is 1. The van der Waals surface area contributed by atoms with E-state index in [1.54, 1.807) is 12.2 Å². The van der Waals surface area contributed by atoms with E-state index in [0.29, 0.717) is 22.4 Å². The largest absolute Gasteiger partial charge is 0.490 e. The quantitative estimate of drug-likeness (QED) is 0.543. The van der Waals surface area contributed by atoms with Crippen molar-refractivity contribution in [3.63, 3.8) is 0 Å². The first-order valence-corrected chi connectivity index (χ1v) is 8.81. The van der Waals surface area contributed by atoms with Crippen molar-refractivity contribution < 1.29 is 4.74 Å². The number of nitrogens with zero attached hydrogens (tertiary/aromatic N) is 2. The maximum absolute atomic E-state index is 12.4. The van der Waals surface area contributed by atoms with Crippen LogP contribution < -0.4 is 10.3 Å². The van der Waals surface area contributed by atoms with Gasteiger partial charge in [-0.05, 0) is 43.2 Å². The average molecular weight is 363 g/mol. The Balaban J connectivity index is 1.99. The van der Waals surface area contributed by atoms with Crippen molar-refractivity contribution >= 4 is 33.2 Å². The predicted octanol–water partition coefficient (Wildman–Crippen LogP) is 4.23. The molecule has 0 saturated carbocycles. The fraction of sp³-hybridized carbons (Fsp3) is 0.150. The van der Waals surface area contributed by atoms with Gasteiger partial charge in [0.1, 0.15) is 23.3 Å². The van der Waals surface area contributed by atoms with Crippen LogP contribution in [-0.2, 0) is 0 Å². The molecule has 0 bridgehead atoms. The number of hydrogen-bond acceptors (Lipinski definition) is 5. The summed E-state index contributed by atoms with van der Waals surface area (Å²) in [7, 11) is 0. The first-order chi connectivity index (χ1) is 12.5. The molecular formula is C20H17N3O2S. The molecule has 0 saturated heterocycles. The molecule has 26 heavy (non-hydrogen) atoms. The highest BCUT2D eigenvalue weighted by molar-refractivity contribution is 7.18. The Labute approximate surface area is 154 Å². The average Bonchev–Trinajstić information content (AvgIpc) is 2.93. The molecule has 0 aliphatic carbocycles. The third-order valence-corrected chi connectivity index (χ3v) is 5.07. The molecule has 0 unspecified atom stereocenters. The molecule has 1 N–H and O–H groups in total. The van der Waals surface area contributed by atoms with Crippen molar-refractivity contribution in [2.75, 3.05) is 6.61 Å². The molecule has 0 fully saturated rings. The van der Waals surface area contributed by atoms with E-state index in [-0.39, 0.29) is 11.4 Å². The van der Waals surface area contributed by atoms with Gasteiger partial charge in [0.2, 0.25) is 0 Å². The summed E-state index contributed by atoms with van der Waals surface area (Å²) in [5.41, 5.74) is 1.82. The van der Waals surface area contributed by atoms with Gasteiger partial charge in [0.15, 0.2) is 5.82 Å². The number of fused-ring (bicyclic) bond motifs is 1. The molecule has 0 spiro atoms. The lowest BCUT2D eigenvalue weighted by molar-refractivity contribution is 0.363. The molecule has 1 aromatic carbocycles. The van der Waals surface area contributed by atoms with E-state index in [0.717, 1.165) is 21.8 Å². The van der Waals surface area contributed by atoms with Crippen LogP contribution in [0.3, 0.4) is 0 Å². The van der Waals surface area contributed by atoms with E-state index in [1.165, 1.54) is 11.3 Å². The highest BCUT2D eigenvalue weighted by Gasteiger charge is 2.13. The number of benzene rings is 1. The number of thiophene rings is 1. The summed E-state index contributed by atoms with van der Waals surface area (Å²) in [4.78, 5) is 21.3. The fourth-order valence-corrected chi connectivity index (χ4v) is 3.55. The minimum atomic E-state index is -0.221. The molecule has 6 heteroatoms. The van der Waals surface area contributed by atoms with Crippen molar-refractivity contribution in [2.45, 2.75) is 13.8 Å². The number of aryl methyl sites for hydroxylation is 2. The minimum absolute atomic E-state index is 0.221. The second-order valence-electron chi connectivity index (χ2n) is 5.72. The Morgan fingerprint density at radius 1 is 1.38 bits per heavy atom. The van der Waals surface area contributed by atoms with Crippen LogP contribution in [0.4, 0.5) is 0 Å². The summed E-state index contributed by atoms with van der Waals surface area (Å²) in [6, 6.07) is 9.43. The van der Waals surface area contributed by atoms with Gasteiger partial charge in [-0.15, -0.1) is 11.3 Å². The number of aromatic nitrogens is 2. The van der Waals surface area contributed by atoms with Crippen molar-refractivity contribution in [3.8, 4) is 11.8 Å². The van der Waals surface area contributed by atoms with Gasteiger partial charge in [0, 0.05) is 4.88 Å². The highest BCUT2D eigenvalue weighted by Crippen LogP contribution is 2.27. The van der Waals surface area contributed by atoms with E-state index < -0.39 is 0 Å². The Hall–Kier alpha value is -3.17. The van der Waals surface area contributed by atoms with Crippen LogP contribution in [0.15, 0.2) is 41.7 Å². The molecule has 3 aromatic rings. The number of ether oxygens (including phenoxy) is 1. The maximum atomic E-state index is 12.4. The predicted molar refractivity (Wildman–Crippen MR) is 105 cm³/mol. The molecule has 2 aromatic heterocycles. The molecule has 2 heterocycles. The van der Waals surface area contributed by atoms with Crippen LogP contribution in [0.25, 0.3) is 21.9 Å². The van der Waals surface area contributed by atoms with Crippen molar-refractivity contribution in [1.29, 1.82) is 5.26 Å². The van der Waals surface area contributed by atoms with Crippen LogP contribution in [0.2, 0.25) is 0 Å². The topological polar surface area (TPSA) is 78.8 Å². The Morgan fingerprint density at radius 3 is 2.77 bits per heavy atom. The van der Waals surface area contributed by atoms with Gasteiger partial charge >= 0.3 is 0 Å². The summed E-state index contributed by atoms with van der Waals surface area (Å²) in [5, 5.41) is 10.1. The Bertz CT molecular complexity index is 1100. The Kier molecular flexibility index (Phi) is 5.01. The van der Waals surface area contributed by atoms with E-state index in [9.17, 15) is 10.1 Å². The third kappa shape index (κ3) is 3.44. The molecule has 3 rings (SSSR count). The van der Waals surface area contributed by atoms with Gasteiger partial charge < -0.3 is 9.72 Å². The Morgan fingerprint density at radius 2 is 2.12 bits per heavy atom. The second kappa shape index (κ2) is 7.38. The smallest absolute Gasteiger partial charge is 0.260 e. The monoisotopic (exact) mass is 363 g/mol. The number of allylic oxidation sites excluding steroid dienone is 1. The van der Waals surface area contributed by atoms with Crippen LogP contribution in [0.1, 0.15) is 21.8 Å². The van der Waals surface area contributed by atoms with Crippen LogP contribution in [-0.4, -0.2) is 16.6 Å². The second-order valence-corrected chi connectivity index (χ2v) is 6.92. The van der Waals surface area contributed by atoms with Gasteiger partial charge in [-0.25, -0.2) is 4.98 Å². The van der Waals surface area contributed by atoms with E-state index >= 15 is 0 Å². The first-order valence-electron chi connectivity index (χ1n) is 7.99. The lowest BCUT2D eigenvalue weighted by Crippen LogP contribution is -2.10. The normalized spacial score (nSPS) is 11.3. The molecule has 0 amide bonds. The van der Waals surface area contributed by atoms with Gasteiger partial charge in [-0.2, -0.15) is 5.26 Å². The maximum Gasteiger partial charge on any atom is 0.260 e. The zero-order valence-corrected chi connectivity index (χ0v) is 15.3. The number of nitriles is 1. The molecule has 5 nitrogen and oxygen atoms in total. The first kappa shape index (κ1) is 17.6. The molecule has 0 radical (unpaired) electrons. The lowest BCUT2D eigenvalue weighted by atomic mass is 10.1. The third-order valence-electron chi connectivity index (χ3n) is 3.97. The van der Waals surface area contributed by atoms with Crippen LogP contribution in [0.5, 0.6) is 5.75 Å². The summed E-state index contributed by atoms with van der Waals surface area (Å²) in [6.45, 7) is 7.90. The molecule has 0 aliphatic rings. The van der Waals surface area contributed by atoms with Gasteiger partial charge in [0.25, 0.3) is 5.56 Å². The van der Waals surface area contributed by atoms with Crippen LogP contribution >= 0.6 is 11.3 Å². The molecule has 0 aliphatic heterocycles. The molecule has 0 atom stereocenters. The van der Waals surface area contributed by atoms with Crippen molar-refractivity contribution in [3.05, 3.63) is 69.1 Å². The van der Waals surface area contributed by atoms with Gasteiger partial charge in [-0.3, -0.25) is 4.79 Å². The zero-order valence-electron chi connectivity index (χ0n) is 14.5. The van der Waals surface area contributed by atoms with E-state index in [1.807, 2.05) is 38.1 Å². The molecular weight excluding hydrogens is 346 g/mol. The summed E-state index contributed by atoms with van der Waals surface area (Å²) in [5.74, 6) is 0.997. The van der Waals surface area contributed by atoms with Crippen LogP contribution in [0, 0.1) is 25.2 Å². The molecule has 130 valence electrons. The van der Waals surface area contributed by atoms with Crippen molar-refractivity contribution in [2.24, 2.45) is 0 Å². The minimum Gasteiger partial charge on any atom is -0.490 e. The summed E-state index contributed by atoms with van der Waals surface area (Å²) in [6.07, 6.45) is 3.36.